The molecule has 0 radical (unpaired) electrons. The number of nitrogens with one attached hydrogen (secondary N) is 1. The van der Waals surface area contributed by atoms with Gasteiger partial charge in [0.15, 0.2) is 0 Å². The van der Waals surface area contributed by atoms with Gasteiger partial charge in [0.25, 0.3) is 5.56 Å². The predicted molar refractivity (Wildman–Crippen MR) is 116 cm³/mol. The van der Waals surface area contributed by atoms with Crippen molar-refractivity contribution in [3.8, 4) is 0 Å². The van der Waals surface area contributed by atoms with E-state index < -0.39 is 17.3 Å². The van der Waals surface area contributed by atoms with E-state index in [0.717, 1.165) is 22.0 Å². The van der Waals surface area contributed by atoms with Gasteiger partial charge in [0.1, 0.15) is 11.5 Å². The van der Waals surface area contributed by atoms with E-state index in [1.807, 2.05) is 24.3 Å². The third-order valence-corrected chi connectivity index (χ3v) is 5.37. The molecule has 0 aliphatic carbocycles. The Morgan fingerprint density at radius 2 is 1.87 bits per heavy atom. The van der Waals surface area contributed by atoms with E-state index in [-0.39, 0.29) is 22.3 Å². The first kappa shape index (κ1) is 21.5. The van der Waals surface area contributed by atoms with Crippen molar-refractivity contribution in [2.75, 3.05) is 16.9 Å². The Balaban J connectivity index is 1.65. The zero-order valence-electron chi connectivity index (χ0n) is 16.6. The van der Waals surface area contributed by atoms with Gasteiger partial charge in [-0.15, -0.1) is 10.2 Å². The fourth-order valence-corrected chi connectivity index (χ4v) is 3.37. The Labute approximate surface area is 177 Å². The molecule has 0 atom stereocenters. The number of benzene rings is 2. The van der Waals surface area contributed by atoms with Gasteiger partial charge in [0.05, 0.1) is 11.4 Å². The maximum atomic E-state index is 13.6. The number of carbonyl (C=O) groups is 1. The first-order valence-electron chi connectivity index (χ1n) is 9.35. The van der Waals surface area contributed by atoms with Crippen LogP contribution in [0.5, 0.6) is 0 Å². The summed E-state index contributed by atoms with van der Waals surface area (Å²) in [4.78, 5) is 24.6. The van der Waals surface area contributed by atoms with E-state index in [9.17, 15) is 14.0 Å². The number of amides is 1. The van der Waals surface area contributed by atoms with Gasteiger partial charge in [-0.3, -0.25) is 9.59 Å². The molecule has 0 spiro atoms. The van der Waals surface area contributed by atoms with Crippen molar-refractivity contribution >= 4 is 23.4 Å². The number of para-hydroxylation sites is 1. The van der Waals surface area contributed by atoms with Crippen molar-refractivity contribution in [1.82, 2.24) is 14.9 Å². The molecule has 3 rings (SSSR count). The Morgan fingerprint density at radius 3 is 2.53 bits per heavy atom. The average molecular weight is 428 g/mol. The smallest absolute Gasteiger partial charge is 0.294 e. The SMILES string of the molecule is CC(C)c1ccc(Cc2nnc(SCC(=O)Nc3ccccc3F)n(N)c2=O)cc1. The zero-order valence-corrected chi connectivity index (χ0v) is 17.4. The normalized spacial score (nSPS) is 10.9. The van der Waals surface area contributed by atoms with Gasteiger partial charge in [-0.25, -0.2) is 4.39 Å². The summed E-state index contributed by atoms with van der Waals surface area (Å²) >= 11 is 0.944. The molecule has 9 heteroatoms. The molecule has 0 aliphatic heterocycles. The van der Waals surface area contributed by atoms with Gasteiger partial charge in [-0.2, -0.15) is 4.68 Å². The highest BCUT2D eigenvalue weighted by atomic mass is 32.2. The quantitative estimate of drug-likeness (QED) is 0.444. The molecule has 156 valence electrons. The lowest BCUT2D eigenvalue weighted by atomic mass is 10.0. The molecule has 2 aromatic carbocycles. The van der Waals surface area contributed by atoms with Crippen LogP contribution in [-0.4, -0.2) is 26.5 Å². The minimum atomic E-state index is -0.530. The zero-order chi connectivity index (χ0) is 21.7. The third kappa shape index (κ3) is 5.24. The molecule has 0 unspecified atom stereocenters. The van der Waals surface area contributed by atoms with Crippen LogP contribution in [0.1, 0.15) is 36.6 Å². The van der Waals surface area contributed by atoms with Crippen LogP contribution < -0.4 is 16.7 Å². The molecule has 0 fully saturated rings. The number of rotatable bonds is 7. The Kier molecular flexibility index (Phi) is 6.83. The summed E-state index contributed by atoms with van der Waals surface area (Å²) in [6.45, 7) is 4.22. The number of anilines is 1. The highest BCUT2D eigenvalue weighted by Crippen LogP contribution is 2.17. The lowest BCUT2D eigenvalue weighted by Gasteiger charge is -2.09. The second-order valence-electron chi connectivity index (χ2n) is 6.99. The summed E-state index contributed by atoms with van der Waals surface area (Å²) in [5, 5.41) is 10.5. The molecule has 3 N–H and O–H groups in total. The molecule has 0 saturated heterocycles. The van der Waals surface area contributed by atoms with Crippen molar-refractivity contribution in [3.63, 3.8) is 0 Å². The first-order valence-corrected chi connectivity index (χ1v) is 10.3. The number of aromatic nitrogens is 3. The predicted octanol–water partition coefficient (Wildman–Crippen LogP) is 2.94. The second-order valence-corrected chi connectivity index (χ2v) is 7.94. The fraction of sp³-hybridized carbons (Fsp3) is 0.238. The van der Waals surface area contributed by atoms with Gasteiger partial charge in [0.2, 0.25) is 11.1 Å². The van der Waals surface area contributed by atoms with E-state index >= 15 is 0 Å². The summed E-state index contributed by atoms with van der Waals surface area (Å²) in [6.07, 6.45) is 0.306. The van der Waals surface area contributed by atoms with Crippen LogP contribution in [0.15, 0.2) is 58.5 Å². The lowest BCUT2D eigenvalue weighted by Crippen LogP contribution is -2.34. The van der Waals surface area contributed by atoms with Crippen LogP contribution in [0.2, 0.25) is 0 Å². The molecule has 1 aromatic heterocycles. The number of halogens is 1. The molecule has 1 amide bonds. The van der Waals surface area contributed by atoms with E-state index in [0.29, 0.717) is 12.3 Å². The molecule has 0 bridgehead atoms. The summed E-state index contributed by atoms with van der Waals surface area (Å²) in [7, 11) is 0. The standard InChI is InChI=1S/C21H22FN5O2S/c1-13(2)15-9-7-14(8-10-15)11-18-20(29)27(23)21(26-25-18)30-12-19(28)24-17-6-4-3-5-16(17)22/h3-10,13H,11-12,23H2,1-2H3,(H,24,28). The largest absolute Gasteiger partial charge is 0.334 e. The number of thioether (sulfide) groups is 1. The summed E-state index contributed by atoms with van der Waals surface area (Å²) < 4.78 is 14.5. The molecular formula is C21H22FN5O2S. The Bertz CT molecular complexity index is 1100. The summed E-state index contributed by atoms with van der Waals surface area (Å²) in [5.41, 5.74) is 1.96. The van der Waals surface area contributed by atoms with Crippen molar-refractivity contribution in [2.45, 2.75) is 31.3 Å². The topological polar surface area (TPSA) is 103 Å². The van der Waals surface area contributed by atoms with E-state index in [1.54, 1.807) is 6.07 Å². The van der Waals surface area contributed by atoms with Crippen LogP contribution >= 0.6 is 11.8 Å². The molecule has 0 aliphatic rings. The van der Waals surface area contributed by atoms with E-state index in [1.165, 1.54) is 23.8 Å². The van der Waals surface area contributed by atoms with Gasteiger partial charge in [0, 0.05) is 6.42 Å². The molecule has 30 heavy (non-hydrogen) atoms. The van der Waals surface area contributed by atoms with Crippen molar-refractivity contribution in [1.29, 1.82) is 0 Å². The van der Waals surface area contributed by atoms with Gasteiger partial charge >= 0.3 is 0 Å². The monoisotopic (exact) mass is 427 g/mol. The van der Waals surface area contributed by atoms with Crippen molar-refractivity contribution in [3.05, 3.63) is 81.5 Å². The van der Waals surface area contributed by atoms with Crippen LogP contribution in [0.25, 0.3) is 0 Å². The summed E-state index contributed by atoms with van der Waals surface area (Å²) in [6, 6.07) is 13.8. The maximum Gasteiger partial charge on any atom is 0.294 e. The Hall–Kier alpha value is -3.20. The van der Waals surface area contributed by atoms with Crippen LogP contribution in [0, 0.1) is 5.82 Å². The molecule has 7 nitrogen and oxygen atoms in total. The minimum absolute atomic E-state index is 0.0816. The van der Waals surface area contributed by atoms with Crippen molar-refractivity contribution < 1.29 is 9.18 Å². The highest BCUT2D eigenvalue weighted by molar-refractivity contribution is 7.99. The van der Waals surface area contributed by atoms with Crippen LogP contribution in [-0.2, 0) is 11.2 Å². The van der Waals surface area contributed by atoms with Crippen LogP contribution in [0.4, 0.5) is 10.1 Å². The maximum absolute atomic E-state index is 13.6. The molecular weight excluding hydrogens is 405 g/mol. The van der Waals surface area contributed by atoms with Crippen LogP contribution in [0.3, 0.4) is 0 Å². The molecule has 3 aromatic rings. The minimum Gasteiger partial charge on any atom is -0.334 e. The fourth-order valence-electron chi connectivity index (χ4n) is 2.72. The lowest BCUT2D eigenvalue weighted by molar-refractivity contribution is -0.113. The van der Waals surface area contributed by atoms with Crippen molar-refractivity contribution in [2.24, 2.45) is 0 Å². The van der Waals surface area contributed by atoms with E-state index in [4.69, 9.17) is 5.84 Å². The average Bonchev–Trinajstić information content (AvgIpc) is 2.73. The second kappa shape index (κ2) is 9.53. The van der Waals surface area contributed by atoms with Gasteiger partial charge < -0.3 is 11.2 Å². The number of hydrogen-bond donors (Lipinski definition) is 2. The third-order valence-electron chi connectivity index (χ3n) is 4.43. The molecule has 0 saturated carbocycles. The van der Waals surface area contributed by atoms with Gasteiger partial charge in [-0.1, -0.05) is 62.0 Å². The number of hydrogen-bond acceptors (Lipinski definition) is 6. The number of carbonyl (C=O) groups excluding carboxylic acids is 1. The van der Waals surface area contributed by atoms with Gasteiger partial charge in [-0.05, 0) is 29.2 Å². The number of nitrogen functional groups attached to an aromatic ring is 1. The highest BCUT2D eigenvalue weighted by Gasteiger charge is 2.14. The number of nitrogens with two attached hydrogens (primary N) is 1. The number of nitrogens with zero attached hydrogens (tertiary/aromatic N) is 3. The Morgan fingerprint density at radius 1 is 1.17 bits per heavy atom. The molecule has 1 heterocycles. The first-order chi connectivity index (χ1) is 14.3. The van der Waals surface area contributed by atoms with E-state index in [2.05, 4.69) is 29.4 Å². The summed E-state index contributed by atoms with van der Waals surface area (Å²) in [5.74, 6) is 5.19.